The predicted molar refractivity (Wildman–Crippen MR) is 137 cm³/mol. The number of carbonyl (C=O) groups is 3. The number of hydrogen-bond donors (Lipinski definition) is 3. The topological polar surface area (TPSA) is 96.5 Å². The maximum Gasteiger partial charge on any atom is 0.255 e. The molecule has 2 aromatic rings. The Morgan fingerprint density at radius 1 is 1.14 bits per heavy atom. The number of hydrogen-bond acceptors (Lipinski definition) is 4. The molecule has 9 heteroatoms. The molecule has 0 fully saturated rings. The fourth-order valence-electron chi connectivity index (χ4n) is 3.92. The van der Waals surface area contributed by atoms with E-state index in [0.29, 0.717) is 23.9 Å². The highest BCUT2D eigenvalue weighted by Gasteiger charge is 2.27. The summed E-state index contributed by atoms with van der Waals surface area (Å²) in [5.41, 5.74) is 0.597. The van der Waals surface area contributed by atoms with Gasteiger partial charge in [-0.3, -0.25) is 14.4 Å². The van der Waals surface area contributed by atoms with Crippen LogP contribution in [0, 0.1) is 5.82 Å². The van der Waals surface area contributed by atoms with Crippen molar-refractivity contribution in [2.45, 2.75) is 57.4 Å². The SMILES string of the molecule is CC(C)(CNC(=O)[C@@H]1CCC(=O)NCCCCCOc2ccc(Cl)cc2C(=O)N1)c1ccc(F)cc1. The minimum absolute atomic E-state index is 0.0820. The van der Waals surface area contributed by atoms with Gasteiger partial charge in [-0.2, -0.15) is 0 Å². The van der Waals surface area contributed by atoms with Crippen molar-refractivity contribution in [1.29, 1.82) is 0 Å². The molecule has 0 aromatic heterocycles. The summed E-state index contributed by atoms with van der Waals surface area (Å²) in [7, 11) is 0. The van der Waals surface area contributed by atoms with Gasteiger partial charge < -0.3 is 20.7 Å². The zero-order chi connectivity index (χ0) is 26.1. The second kappa shape index (κ2) is 12.7. The molecule has 36 heavy (non-hydrogen) atoms. The molecule has 2 aromatic carbocycles. The first-order chi connectivity index (χ1) is 17.2. The van der Waals surface area contributed by atoms with Gasteiger partial charge in [-0.25, -0.2) is 4.39 Å². The normalized spacial score (nSPS) is 17.9. The lowest BCUT2D eigenvalue weighted by atomic mass is 9.84. The van der Waals surface area contributed by atoms with Crippen LogP contribution in [0.3, 0.4) is 0 Å². The van der Waals surface area contributed by atoms with Crippen LogP contribution < -0.4 is 20.7 Å². The first-order valence-electron chi connectivity index (χ1n) is 12.2. The summed E-state index contributed by atoms with van der Waals surface area (Å²) >= 11 is 6.13. The van der Waals surface area contributed by atoms with Crippen LogP contribution >= 0.6 is 11.6 Å². The Balaban J connectivity index is 1.77. The zero-order valence-electron chi connectivity index (χ0n) is 20.7. The second-order valence-corrected chi connectivity index (χ2v) is 10.0. The van der Waals surface area contributed by atoms with Gasteiger partial charge in [0.15, 0.2) is 0 Å². The zero-order valence-corrected chi connectivity index (χ0v) is 21.4. The summed E-state index contributed by atoms with van der Waals surface area (Å²) in [6, 6.07) is 9.95. The molecule has 7 nitrogen and oxygen atoms in total. The number of amides is 3. The third kappa shape index (κ3) is 7.95. The van der Waals surface area contributed by atoms with Crippen molar-refractivity contribution in [3.05, 3.63) is 64.4 Å². The van der Waals surface area contributed by atoms with Gasteiger partial charge in [-0.1, -0.05) is 37.6 Å². The van der Waals surface area contributed by atoms with Gasteiger partial charge in [0.1, 0.15) is 17.6 Å². The summed E-state index contributed by atoms with van der Waals surface area (Å²) < 4.78 is 19.2. The molecule has 0 saturated heterocycles. The van der Waals surface area contributed by atoms with Crippen LogP contribution in [0.4, 0.5) is 4.39 Å². The average Bonchev–Trinajstić information content (AvgIpc) is 2.85. The van der Waals surface area contributed by atoms with Crippen molar-refractivity contribution >= 4 is 29.3 Å². The van der Waals surface area contributed by atoms with E-state index in [1.807, 2.05) is 13.8 Å². The molecule has 1 atom stereocenters. The van der Waals surface area contributed by atoms with Crippen molar-refractivity contribution in [2.24, 2.45) is 0 Å². The van der Waals surface area contributed by atoms with E-state index in [2.05, 4.69) is 16.0 Å². The Morgan fingerprint density at radius 3 is 2.64 bits per heavy atom. The molecule has 0 unspecified atom stereocenters. The summed E-state index contributed by atoms with van der Waals surface area (Å²) in [5, 5.41) is 8.86. The minimum Gasteiger partial charge on any atom is -0.493 e. The number of rotatable bonds is 4. The minimum atomic E-state index is -0.954. The van der Waals surface area contributed by atoms with Crippen LogP contribution in [0.25, 0.3) is 0 Å². The van der Waals surface area contributed by atoms with Crippen LogP contribution in [-0.2, 0) is 15.0 Å². The number of fused-ring (bicyclic) bond motifs is 1. The fraction of sp³-hybridized carbons (Fsp3) is 0.444. The molecule has 1 heterocycles. The summed E-state index contributed by atoms with van der Waals surface area (Å²) in [5.74, 6) is -1.05. The molecule has 3 amide bonds. The maximum atomic E-state index is 13.3. The lowest BCUT2D eigenvalue weighted by Gasteiger charge is -2.27. The van der Waals surface area contributed by atoms with E-state index in [4.69, 9.17) is 16.3 Å². The molecule has 0 radical (unpaired) electrons. The van der Waals surface area contributed by atoms with E-state index in [-0.39, 0.29) is 36.7 Å². The quantitative estimate of drug-likeness (QED) is 0.568. The largest absolute Gasteiger partial charge is 0.493 e. The van der Waals surface area contributed by atoms with E-state index < -0.39 is 23.3 Å². The van der Waals surface area contributed by atoms with Crippen molar-refractivity contribution in [3.63, 3.8) is 0 Å². The van der Waals surface area contributed by atoms with Gasteiger partial charge in [0.2, 0.25) is 11.8 Å². The van der Waals surface area contributed by atoms with Gasteiger partial charge in [0, 0.05) is 29.9 Å². The van der Waals surface area contributed by atoms with Crippen molar-refractivity contribution < 1.29 is 23.5 Å². The lowest BCUT2D eigenvalue weighted by molar-refractivity contribution is -0.124. The Hall–Kier alpha value is -3.13. The second-order valence-electron chi connectivity index (χ2n) is 9.57. The average molecular weight is 518 g/mol. The van der Waals surface area contributed by atoms with E-state index in [9.17, 15) is 18.8 Å². The van der Waals surface area contributed by atoms with Crippen LogP contribution in [0.1, 0.15) is 61.9 Å². The molecular formula is C27H33ClFN3O4. The number of carbonyl (C=O) groups excluding carboxylic acids is 3. The van der Waals surface area contributed by atoms with Gasteiger partial charge >= 0.3 is 0 Å². The lowest BCUT2D eigenvalue weighted by Crippen LogP contribution is -2.49. The highest BCUT2D eigenvalue weighted by atomic mass is 35.5. The molecular weight excluding hydrogens is 485 g/mol. The van der Waals surface area contributed by atoms with Crippen molar-refractivity contribution in [2.75, 3.05) is 19.7 Å². The molecule has 0 saturated carbocycles. The maximum absolute atomic E-state index is 13.3. The van der Waals surface area contributed by atoms with E-state index in [1.165, 1.54) is 18.2 Å². The van der Waals surface area contributed by atoms with E-state index in [1.54, 1.807) is 24.3 Å². The van der Waals surface area contributed by atoms with Gasteiger partial charge in [0.25, 0.3) is 5.91 Å². The molecule has 194 valence electrons. The number of ether oxygens (including phenoxy) is 1. The summed E-state index contributed by atoms with van der Waals surface area (Å²) in [4.78, 5) is 38.7. The molecule has 3 rings (SSSR count). The van der Waals surface area contributed by atoms with Gasteiger partial charge in [-0.05, 0) is 61.6 Å². The van der Waals surface area contributed by atoms with E-state index >= 15 is 0 Å². The third-order valence-corrected chi connectivity index (χ3v) is 6.43. The van der Waals surface area contributed by atoms with Crippen LogP contribution in [0.5, 0.6) is 5.75 Å². The molecule has 1 aliphatic heterocycles. The monoisotopic (exact) mass is 517 g/mol. The van der Waals surface area contributed by atoms with Gasteiger partial charge in [0.05, 0.1) is 12.2 Å². The number of benzene rings is 2. The van der Waals surface area contributed by atoms with Crippen LogP contribution in [0.15, 0.2) is 42.5 Å². The Bertz CT molecular complexity index is 1080. The number of nitrogens with one attached hydrogen (secondary N) is 3. The molecule has 3 N–H and O–H groups in total. The first-order valence-corrected chi connectivity index (χ1v) is 12.6. The Labute approximate surface area is 216 Å². The summed E-state index contributed by atoms with van der Waals surface area (Å²) in [6.45, 7) is 5.07. The predicted octanol–water partition coefficient (Wildman–Crippen LogP) is 4.13. The fourth-order valence-corrected chi connectivity index (χ4v) is 4.09. The molecule has 1 aliphatic rings. The number of halogens is 2. The van der Waals surface area contributed by atoms with Crippen molar-refractivity contribution in [3.8, 4) is 5.75 Å². The van der Waals surface area contributed by atoms with Gasteiger partial charge in [-0.15, -0.1) is 0 Å². The van der Waals surface area contributed by atoms with Crippen molar-refractivity contribution in [1.82, 2.24) is 16.0 Å². The Morgan fingerprint density at radius 2 is 1.89 bits per heavy atom. The highest BCUT2D eigenvalue weighted by molar-refractivity contribution is 6.31. The molecule has 0 spiro atoms. The van der Waals surface area contributed by atoms with Crippen LogP contribution in [0.2, 0.25) is 5.02 Å². The smallest absolute Gasteiger partial charge is 0.255 e. The van der Waals surface area contributed by atoms with E-state index in [0.717, 1.165) is 24.8 Å². The van der Waals surface area contributed by atoms with Crippen LogP contribution in [-0.4, -0.2) is 43.5 Å². The Kier molecular flexibility index (Phi) is 9.70. The highest BCUT2D eigenvalue weighted by Crippen LogP contribution is 2.25. The molecule has 0 bridgehead atoms. The summed E-state index contributed by atoms with van der Waals surface area (Å²) in [6.07, 6.45) is 2.65. The molecule has 0 aliphatic carbocycles. The third-order valence-electron chi connectivity index (χ3n) is 6.20. The standard InChI is InChI=1S/C27H33ClFN3O4/c1-27(2,18-6-9-20(29)10-7-18)17-31-26(35)22-11-13-24(33)30-14-4-3-5-15-36-23-12-8-19(28)16-21(23)25(34)32-22/h6-10,12,16,22H,3-5,11,13-15,17H2,1-2H3,(H,30,33)(H,31,35)(H,32,34)/t22-/m0/s1. The first kappa shape index (κ1) is 27.5.